The highest BCUT2D eigenvalue weighted by atomic mass is 35.5. The number of sulfonamides is 1. The number of H-pyrrole nitrogens is 1. The third-order valence-corrected chi connectivity index (χ3v) is 7.75. The number of hydrogen-bond donors (Lipinski definition) is 1. The molecule has 0 amide bonds. The average molecular weight is 461 g/mol. The zero-order chi connectivity index (χ0) is 22.2. The van der Waals surface area contributed by atoms with Gasteiger partial charge >= 0.3 is 0 Å². The van der Waals surface area contributed by atoms with Gasteiger partial charge in [0.2, 0.25) is 10.0 Å². The summed E-state index contributed by atoms with van der Waals surface area (Å²) in [7, 11) is -3.52. The van der Waals surface area contributed by atoms with Crippen LogP contribution in [0.5, 0.6) is 0 Å². The molecule has 4 rings (SSSR count). The Morgan fingerprint density at radius 3 is 2.39 bits per heavy atom. The normalized spacial score (nSPS) is 16.3. The maximum Gasteiger partial charge on any atom is 0.258 e. The zero-order valence-electron chi connectivity index (χ0n) is 17.5. The highest BCUT2D eigenvalue weighted by Crippen LogP contribution is 2.22. The number of aromatic nitrogens is 2. The number of benzene rings is 2. The summed E-state index contributed by atoms with van der Waals surface area (Å²) in [5, 5.41) is 1.02. The smallest absolute Gasteiger partial charge is 0.258 e. The largest absolute Gasteiger partial charge is 0.309 e. The lowest BCUT2D eigenvalue weighted by Gasteiger charge is -2.33. The van der Waals surface area contributed by atoms with Crippen LogP contribution in [0.1, 0.15) is 31.2 Å². The third kappa shape index (κ3) is 4.67. The summed E-state index contributed by atoms with van der Waals surface area (Å²) < 4.78 is 27.5. The number of hydrogen-bond acceptors (Lipinski definition) is 5. The summed E-state index contributed by atoms with van der Waals surface area (Å²) in [6, 6.07) is 12.1. The molecule has 9 heteroatoms. The van der Waals surface area contributed by atoms with Gasteiger partial charge < -0.3 is 4.98 Å². The van der Waals surface area contributed by atoms with Gasteiger partial charge in [0.05, 0.1) is 22.3 Å². The van der Waals surface area contributed by atoms with Crippen LogP contribution in [0.15, 0.2) is 52.2 Å². The van der Waals surface area contributed by atoms with Crippen molar-refractivity contribution in [2.45, 2.75) is 31.2 Å². The van der Waals surface area contributed by atoms with E-state index >= 15 is 0 Å². The second kappa shape index (κ2) is 8.70. The molecule has 1 saturated heterocycles. The second-order valence-corrected chi connectivity index (χ2v) is 10.5. The minimum atomic E-state index is -3.52. The van der Waals surface area contributed by atoms with Crippen LogP contribution in [0.3, 0.4) is 0 Å². The van der Waals surface area contributed by atoms with Gasteiger partial charge in [-0.05, 0) is 41.8 Å². The molecule has 0 unspecified atom stereocenters. The minimum absolute atomic E-state index is 0.206. The van der Waals surface area contributed by atoms with Crippen molar-refractivity contribution in [1.82, 2.24) is 19.2 Å². The topological polar surface area (TPSA) is 86.4 Å². The summed E-state index contributed by atoms with van der Waals surface area (Å²) in [6.07, 6.45) is 0. The molecule has 0 radical (unpaired) electrons. The van der Waals surface area contributed by atoms with Crippen molar-refractivity contribution in [2.24, 2.45) is 0 Å². The molecule has 164 valence electrons. The van der Waals surface area contributed by atoms with Crippen molar-refractivity contribution in [3.63, 3.8) is 0 Å². The molecule has 1 aromatic heterocycles. The molecule has 2 heterocycles. The van der Waals surface area contributed by atoms with E-state index in [1.807, 2.05) is 12.1 Å². The Bertz CT molecular complexity index is 1250. The monoisotopic (exact) mass is 460 g/mol. The van der Waals surface area contributed by atoms with Crippen molar-refractivity contribution < 1.29 is 8.42 Å². The fourth-order valence-corrected chi connectivity index (χ4v) is 5.34. The predicted octanol–water partition coefficient (Wildman–Crippen LogP) is 3.21. The lowest BCUT2D eigenvalue weighted by atomic mass is 10.0. The number of fused-ring (bicyclic) bond motifs is 1. The van der Waals surface area contributed by atoms with E-state index in [1.165, 1.54) is 4.31 Å². The van der Waals surface area contributed by atoms with Crippen LogP contribution in [0.25, 0.3) is 10.9 Å². The molecule has 0 spiro atoms. The molecular formula is C22H25ClN4O3S. The Hall–Kier alpha value is -2.26. The van der Waals surface area contributed by atoms with Gasteiger partial charge in [0.1, 0.15) is 5.82 Å². The molecule has 0 aliphatic carbocycles. The standard InChI is InChI=1S/C22H25ClN4O3S/c1-15(2)16-3-6-18(7-4-16)31(29,30)27-11-9-26(10-12-27)14-21-24-20-13-17(23)5-8-19(20)22(28)25-21/h3-8,13,15H,9-12,14H2,1-2H3,(H,24,25,28). The van der Waals surface area contributed by atoms with Gasteiger partial charge in [-0.1, -0.05) is 37.6 Å². The van der Waals surface area contributed by atoms with Gasteiger partial charge in [0.25, 0.3) is 5.56 Å². The molecule has 1 aliphatic heterocycles. The van der Waals surface area contributed by atoms with E-state index in [9.17, 15) is 13.2 Å². The Kier molecular flexibility index (Phi) is 6.16. The Morgan fingerprint density at radius 2 is 1.74 bits per heavy atom. The van der Waals surface area contributed by atoms with E-state index in [-0.39, 0.29) is 5.56 Å². The van der Waals surface area contributed by atoms with Crippen LogP contribution in [0.2, 0.25) is 5.02 Å². The fourth-order valence-electron chi connectivity index (χ4n) is 3.75. The van der Waals surface area contributed by atoms with Gasteiger partial charge in [-0.2, -0.15) is 4.31 Å². The van der Waals surface area contributed by atoms with Gasteiger partial charge in [0, 0.05) is 31.2 Å². The predicted molar refractivity (Wildman–Crippen MR) is 122 cm³/mol. The summed E-state index contributed by atoms with van der Waals surface area (Å²) in [4.78, 5) is 22.1. The highest BCUT2D eigenvalue weighted by molar-refractivity contribution is 7.89. The SMILES string of the molecule is CC(C)c1ccc(S(=O)(=O)N2CCN(Cc3nc4cc(Cl)ccc4c(=O)[nH]3)CC2)cc1. The Balaban J connectivity index is 1.44. The first-order valence-electron chi connectivity index (χ1n) is 10.2. The zero-order valence-corrected chi connectivity index (χ0v) is 19.1. The molecule has 0 atom stereocenters. The minimum Gasteiger partial charge on any atom is -0.309 e. The second-order valence-electron chi connectivity index (χ2n) is 8.08. The van der Waals surface area contributed by atoms with Crippen molar-refractivity contribution in [2.75, 3.05) is 26.2 Å². The van der Waals surface area contributed by atoms with Crippen molar-refractivity contribution in [3.8, 4) is 0 Å². The number of nitrogens with zero attached hydrogens (tertiary/aromatic N) is 3. The van der Waals surface area contributed by atoms with Gasteiger partial charge in [-0.3, -0.25) is 9.69 Å². The number of aromatic amines is 1. The number of nitrogens with one attached hydrogen (secondary N) is 1. The molecule has 1 fully saturated rings. The summed E-state index contributed by atoms with van der Waals surface area (Å²) in [5.41, 5.74) is 1.46. The molecular weight excluding hydrogens is 436 g/mol. The molecule has 2 aromatic carbocycles. The first kappa shape index (κ1) is 22.0. The summed E-state index contributed by atoms with van der Waals surface area (Å²) in [5.74, 6) is 0.895. The van der Waals surface area contributed by atoms with Crippen molar-refractivity contribution >= 4 is 32.5 Å². The van der Waals surface area contributed by atoms with E-state index in [1.54, 1.807) is 30.3 Å². The van der Waals surface area contributed by atoms with Crippen LogP contribution >= 0.6 is 11.6 Å². The maximum absolute atomic E-state index is 13.0. The van der Waals surface area contributed by atoms with E-state index < -0.39 is 10.0 Å². The Labute approximate surface area is 186 Å². The molecule has 0 saturated carbocycles. The lowest BCUT2D eigenvalue weighted by molar-refractivity contribution is 0.178. The molecule has 3 aromatic rings. The molecule has 1 aliphatic rings. The highest BCUT2D eigenvalue weighted by Gasteiger charge is 2.28. The number of halogens is 1. The molecule has 31 heavy (non-hydrogen) atoms. The number of rotatable bonds is 5. The summed E-state index contributed by atoms with van der Waals surface area (Å²) >= 11 is 6.02. The average Bonchev–Trinajstić information content (AvgIpc) is 2.74. The summed E-state index contributed by atoms with van der Waals surface area (Å²) in [6.45, 7) is 6.48. The first-order valence-corrected chi connectivity index (χ1v) is 12.1. The Morgan fingerprint density at radius 1 is 1.06 bits per heavy atom. The van der Waals surface area contributed by atoms with Crippen molar-refractivity contribution in [1.29, 1.82) is 0 Å². The van der Waals surface area contributed by atoms with Crippen molar-refractivity contribution in [3.05, 3.63) is 69.2 Å². The van der Waals surface area contributed by atoms with E-state index in [4.69, 9.17) is 11.6 Å². The molecule has 0 bridgehead atoms. The van der Waals surface area contributed by atoms with E-state index in [0.29, 0.717) is 65.3 Å². The van der Waals surface area contributed by atoms with Gasteiger partial charge in [0.15, 0.2) is 0 Å². The van der Waals surface area contributed by atoms with Crippen LogP contribution in [-0.2, 0) is 16.6 Å². The number of piperazine rings is 1. The van der Waals surface area contributed by atoms with E-state index in [2.05, 4.69) is 28.7 Å². The van der Waals surface area contributed by atoms with Gasteiger partial charge in [-0.15, -0.1) is 0 Å². The fraction of sp³-hybridized carbons (Fsp3) is 0.364. The first-order chi connectivity index (χ1) is 14.7. The van der Waals surface area contributed by atoms with E-state index in [0.717, 1.165) is 5.56 Å². The maximum atomic E-state index is 13.0. The molecule has 7 nitrogen and oxygen atoms in total. The van der Waals surface area contributed by atoms with Crippen LogP contribution in [0, 0.1) is 0 Å². The van der Waals surface area contributed by atoms with Crippen LogP contribution < -0.4 is 5.56 Å². The van der Waals surface area contributed by atoms with Crippen LogP contribution in [-0.4, -0.2) is 53.8 Å². The van der Waals surface area contributed by atoms with Crippen LogP contribution in [0.4, 0.5) is 0 Å². The third-order valence-electron chi connectivity index (χ3n) is 5.61. The quantitative estimate of drug-likeness (QED) is 0.631. The molecule has 1 N–H and O–H groups in total. The lowest BCUT2D eigenvalue weighted by Crippen LogP contribution is -2.48. The van der Waals surface area contributed by atoms with Gasteiger partial charge in [-0.25, -0.2) is 13.4 Å².